The van der Waals surface area contributed by atoms with Gasteiger partial charge in [0.15, 0.2) is 0 Å². The molecule has 26 heavy (non-hydrogen) atoms. The molecule has 0 aromatic heterocycles. The summed E-state index contributed by atoms with van der Waals surface area (Å²) >= 11 is 1.24. The number of likely N-dealkylation sites (tertiary alicyclic amines) is 1. The van der Waals surface area contributed by atoms with Gasteiger partial charge in [-0.3, -0.25) is 9.59 Å². The molecule has 0 radical (unpaired) electrons. The minimum absolute atomic E-state index is 0.0282. The molecule has 3 rings (SSSR count). The predicted octanol–water partition coefficient (Wildman–Crippen LogP) is 3.44. The number of amides is 1. The second-order valence-electron chi connectivity index (χ2n) is 7.85. The molecule has 2 fully saturated rings. The van der Waals surface area contributed by atoms with Crippen LogP contribution < -0.4 is 0 Å². The Kier molecular flexibility index (Phi) is 5.42. The van der Waals surface area contributed by atoms with Crippen molar-refractivity contribution in [2.45, 2.75) is 50.8 Å². The summed E-state index contributed by atoms with van der Waals surface area (Å²) in [6.07, 6.45) is 2.79. The maximum absolute atomic E-state index is 13.1. The third-order valence-corrected chi connectivity index (χ3v) is 7.29. The van der Waals surface area contributed by atoms with Crippen LogP contribution in [-0.4, -0.2) is 44.8 Å². The molecule has 1 saturated heterocycles. The third-order valence-electron chi connectivity index (χ3n) is 5.62. The van der Waals surface area contributed by atoms with Gasteiger partial charge in [-0.2, -0.15) is 0 Å². The van der Waals surface area contributed by atoms with Crippen molar-refractivity contribution in [2.75, 3.05) is 6.54 Å². The van der Waals surface area contributed by atoms with Gasteiger partial charge in [0, 0.05) is 17.4 Å². The molecule has 0 bridgehead atoms. The van der Waals surface area contributed by atoms with Gasteiger partial charge in [-0.15, -0.1) is 0 Å². The van der Waals surface area contributed by atoms with E-state index in [1.54, 1.807) is 12.1 Å². The molecule has 140 valence electrons. The highest BCUT2D eigenvalue weighted by molar-refractivity contribution is 8.14. The maximum Gasteiger partial charge on any atom is 0.326 e. The van der Waals surface area contributed by atoms with Crippen LogP contribution >= 0.6 is 11.8 Å². The Hall–Kier alpha value is -1.82. The van der Waals surface area contributed by atoms with Gasteiger partial charge in [-0.1, -0.05) is 55.9 Å². The lowest BCUT2D eigenvalue weighted by Gasteiger charge is -2.32. The van der Waals surface area contributed by atoms with Gasteiger partial charge in [-0.25, -0.2) is 4.79 Å². The normalized spacial score (nSPS) is 27.5. The van der Waals surface area contributed by atoms with E-state index in [1.807, 2.05) is 18.2 Å². The molecule has 3 atom stereocenters. The molecule has 2 unspecified atom stereocenters. The van der Waals surface area contributed by atoms with Crippen molar-refractivity contribution in [3.05, 3.63) is 35.9 Å². The quantitative estimate of drug-likeness (QED) is 0.872. The van der Waals surface area contributed by atoms with Crippen LogP contribution in [0.15, 0.2) is 30.3 Å². The fourth-order valence-electron chi connectivity index (χ4n) is 4.12. The van der Waals surface area contributed by atoms with Gasteiger partial charge in [-0.05, 0) is 31.1 Å². The van der Waals surface area contributed by atoms with E-state index >= 15 is 0 Å². The molecular formula is C20H25NO4S. The fourth-order valence-corrected chi connectivity index (χ4v) is 5.47. The molecule has 1 aromatic carbocycles. The van der Waals surface area contributed by atoms with Crippen molar-refractivity contribution in [1.29, 1.82) is 0 Å². The lowest BCUT2D eigenvalue weighted by atomic mass is 9.89. The molecule has 5 nitrogen and oxygen atoms in total. The Morgan fingerprint density at radius 1 is 1.15 bits per heavy atom. The molecule has 1 aliphatic carbocycles. The zero-order chi connectivity index (χ0) is 18.9. The highest BCUT2D eigenvalue weighted by Crippen LogP contribution is 2.49. The zero-order valence-electron chi connectivity index (χ0n) is 15.2. The summed E-state index contributed by atoms with van der Waals surface area (Å²) in [5.41, 5.74) is 0.490. The van der Waals surface area contributed by atoms with Gasteiger partial charge in [0.05, 0.1) is 5.92 Å². The average Bonchev–Trinajstić information content (AvgIpc) is 3.21. The molecule has 2 aliphatic rings. The van der Waals surface area contributed by atoms with E-state index < -0.39 is 12.0 Å². The number of carbonyl (C=O) groups excluding carboxylic acids is 2. The zero-order valence-corrected chi connectivity index (χ0v) is 16.0. The topological polar surface area (TPSA) is 74.7 Å². The van der Waals surface area contributed by atoms with E-state index in [9.17, 15) is 19.5 Å². The van der Waals surface area contributed by atoms with Crippen LogP contribution in [-0.2, 0) is 9.59 Å². The van der Waals surface area contributed by atoms with Crippen LogP contribution in [0.2, 0.25) is 0 Å². The molecule has 1 heterocycles. The van der Waals surface area contributed by atoms with Crippen LogP contribution in [0.4, 0.5) is 0 Å². The van der Waals surface area contributed by atoms with Crippen LogP contribution in [0, 0.1) is 11.3 Å². The minimum Gasteiger partial charge on any atom is -0.480 e. The van der Waals surface area contributed by atoms with E-state index in [1.165, 1.54) is 16.7 Å². The van der Waals surface area contributed by atoms with E-state index in [4.69, 9.17) is 0 Å². The lowest BCUT2D eigenvalue weighted by Crippen LogP contribution is -2.46. The molecule has 1 amide bonds. The van der Waals surface area contributed by atoms with Crippen molar-refractivity contribution >= 4 is 28.8 Å². The van der Waals surface area contributed by atoms with Gasteiger partial charge >= 0.3 is 5.97 Å². The summed E-state index contributed by atoms with van der Waals surface area (Å²) in [4.78, 5) is 38.8. The Bertz CT molecular complexity index is 703. The molecule has 1 saturated carbocycles. The van der Waals surface area contributed by atoms with Crippen molar-refractivity contribution < 1.29 is 19.5 Å². The van der Waals surface area contributed by atoms with Crippen molar-refractivity contribution in [1.82, 2.24) is 4.90 Å². The second-order valence-corrected chi connectivity index (χ2v) is 8.97. The number of rotatable bonds is 4. The molecule has 6 heteroatoms. The summed E-state index contributed by atoms with van der Waals surface area (Å²) in [6, 6.07) is 8.38. The first kappa shape index (κ1) is 19.0. The Labute approximate surface area is 158 Å². The monoisotopic (exact) mass is 375 g/mol. The third kappa shape index (κ3) is 3.65. The smallest absolute Gasteiger partial charge is 0.326 e. The second kappa shape index (κ2) is 7.43. The highest BCUT2D eigenvalue weighted by atomic mass is 32.2. The van der Waals surface area contributed by atoms with E-state index in [-0.39, 0.29) is 27.6 Å². The summed E-state index contributed by atoms with van der Waals surface area (Å²) in [7, 11) is 0. The number of nitrogens with zero attached hydrogens (tertiary/aromatic N) is 1. The number of carboxylic acid groups (broad SMARTS) is 1. The number of hydrogen-bond donors (Lipinski definition) is 1. The lowest BCUT2D eigenvalue weighted by molar-refractivity contribution is -0.149. The number of hydrogen-bond acceptors (Lipinski definition) is 4. The standard InChI is InChI=1S/C20H25NO4S/c1-20(2)11-10-14(17(22)21-12-6-9-15(21)18(23)24)16(20)26-19(25)13-7-4-3-5-8-13/h3-5,7-8,14-16H,6,9-12H2,1-2H3,(H,23,24)/t14?,15-,16?/m0/s1. The van der Waals surface area contributed by atoms with Crippen molar-refractivity contribution in [2.24, 2.45) is 11.3 Å². The number of benzene rings is 1. The predicted molar refractivity (Wildman–Crippen MR) is 101 cm³/mol. The van der Waals surface area contributed by atoms with E-state index in [0.29, 0.717) is 24.9 Å². The van der Waals surface area contributed by atoms with Gasteiger partial charge < -0.3 is 10.0 Å². The fraction of sp³-hybridized carbons (Fsp3) is 0.550. The van der Waals surface area contributed by atoms with Gasteiger partial charge in [0.2, 0.25) is 11.0 Å². The average molecular weight is 375 g/mol. The molecular weight excluding hydrogens is 350 g/mol. The minimum atomic E-state index is -0.933. The van der Waals surface area contributed by atoms with E-state index in [2.05, 4.69) is 13.8 Å². The SMILES string of the molecule is CC1(C)CCC(C(=O)N2CCC[C@H]2C(=O)O)C1SC(=O)c1ccccc1. The number of carbonyl (C=O) groups is 3. The van der Waals surface area contributed by atoms with Crippen LogP contribution in [0.3, 0.4) is 0 Å². The Balaban J connectivity index is 1.79. The highest BCUT2D eigenvalue weighted by Gasteiger charge is 2.49. The molecule has 1 aromatic rings. The summed E-state index contributed by atoms with van der Waals surface area (Å²) < 4.78 is 0. The molecule has 1 aliphatic heterocycles. The molecule has 0 spiro atoms. The van der Waals surface area contributed by atoms with Crippen LogP contribution in [0.5, 0.6) is 0 Å². The van der Waals surface area contributed by atoms with Crippen molar-refractivity contribution in [3.63, 3.8) is 0 Å². The Morgan fingerprint density at radius 2 is 1.85 bits per heavy atom. The van der Waals surface area contributed by atoms with Crippen LogP contribution in [0.1, 0.15) is 49.9 Å². The summed E-state index contributed by atoms with van der Waals surface area (Å²) in [5, 5.41) is 9.22. The maximum atomic E-state index is 13.1. The summed E-state index contributed by atoms with van der Waals surface area (Å²) in [5.74, 6) is -1.33. The van der Waals surface area contributed by atoms with Gasteiger partial charge in [0.1, 0.15) is 6.04 Å². The number of thioether (sulfide) groups is 1. The first-order chi connectivity index (χ1) is 12.3. The van der Waals surface area contributed by atoms with Gasteiger partial charge in [0.25, 0.3) is 0 Å². The Morgan fingerprint density at radius 3 is 2.50 bits per heavy atom. The largest absolute Gasteiger partial charge is 0.480 e. The number of aliphatic carboxylic acids is 1. The first-order valence-electron chi connectivity index (χ1n) is 9.10. The summed E-state index contributed by atoms with van der Waals surface area (Å²) in [6.45, 7) is 4.68. The first-order valence-corrected chi connectivity index (χ1v) is 9.98. The number of carboxylic acids is 1. The van der Waals surface area contributed by atoms with Crippen molar-refractivity contribution in [3.8, 4) is 0 Å². The van der Waals surface area contributed by atoms with E-state index in [0.717, 1.165) is 12.8 Å². The molecule has 1 N–H and O–H groups in total. The van der Waals surface area contributed by atoms with Crippen LogP contribution in [0.25, 0.3) is 0 Å².